The van der Waals surface area contributed by atoms with Gasteiger partial charge in [0.1, 0.15) is 0 Å². The van der Waals surface area contributed by atoms with E-state index in [4.69, 9.17) is 0 Å². The summed E-state index contributed by atoms with van der Waals surface area (Å²) in [6, 6.07) is 7.82. The first-order valence-corrected chi connectivity index (χ1v) is 7.04. The van der Waals surface area contributed by atoms with Gasteiger partial charge in [0.15, 0.2) is 0 Å². The molecule has 2 rings (SSSR count). The van der Waals surface area contributed by atoms with Crippen molar-refractivity contribution in [1.82, 2.24) is 5.32 Å². The molecule has 2 amide bonds. The number of thioether (sulfide) groups is 1. The zero-order valence-electron chi connectivity index (χ0n) is 10.5. The Kier molecular flexibility index (Phi) is 3.91. The van der Waals surface area contributed by atoms with E-state index >= 15 is 0 Å². The van der Waals surface area contributed by atoms with Gasteiger partial charge in [0, 0.05) is 30.6 Å². The minimum absolute atomic E-state index is 0.0156. The summed E-state index contributed by atoms with van der Waals surface area (Å²) in [4.78, 5) is 26.3. The molecule has 1 heterocycles. The van der Waals surface area contributed by atoms with Crippen LogP contribution in [0.5, 0.6) is 0 Å². The van der Waals surface area contributed by atoms with Crippen LogP contribution in [0.25, 0.3) is 0 Å². The molecule has 1 aliphatic rings. The van der Waals surface area contributed by atoms with Gasteiger partial charge in [0.2, 0.25) is 11.8 Å². The predicted octanol–water partition coefficient (Wildman–Crippen LogP) is 1.51. The van der Waals surface area contributed by atoms with Gasteiger partial charge in [0.25, 0.3) is 0 Å². The van der Waals surface area contributed by atoms with Crippen molar-refractivity contribution in [3.63, 3.8) is 0 Å². The number of hydrogen-bond acceptors (Lipinski definition) is 3. The second kappa shape index (κ2) is 5.44. The Morgan fingerprint density at radius 2 is 2.28 bits per heavy atom. The zero-order valence-corrected chi connectivity index (χ0v) is 11.3. The molecule has 96 valence electrons. The van der Waals surface area contributed by atoms with Crippen molar-refractivity contribution in [2.24, 2.45) is 5.92 Å². The molecule has 0 radical (unpaired) electrons. The Morgan fingerprint density at radius 3 is 2.94 bits per heavy atom. The highest BCUT2D eigenvalue weighted by atomic mass is 32.2. The molecule has 1 atom stereocenters. The van der Waals surface area contributed by atoms with Gasteiger partial charge in [-0.05, 0) is 24.5 Å². The van der Waals surface area contributed by atoms with Gasteiger partial charge in [-0.25, -0.2) is 0 Å². The highest BCUT2D eigenvalue weighted by Crippen LogP contribution is 2.28. The maximum atomic E-state index is 11.9. The molecule has 1 aromatic carbocycles. The summed E-state index contributed by atoms with van der Waals surface area (Å²) in [7, 11) is 1.60. The number of carbonyl (C=O) groups is 2. The lowest BCUT2D eigenvalue weighted by atomic mass is 10.1. The smallest absolute Gasteiger partial charge is 0.227 e. The number of amides is 2. The van der Waals surface area contributed by atoms with E-state index in [1.165, 1.54) is 0 Å². The molecule has 0 aliphatic carbocycles. The van der Waals surface area contributed by atoms with E-state index in [2.05, 4.69) is 5.32 Å². The van der Waals surface area contributed by atoms with Crippen LogP contribution in [0.4, 0.5) is 5.69 Å². The third-order valence-corrected chi connectivity index (χ3v) is 3.83. The van der Waals surface area contributed by atoms with Crippen molar-refractivity contribution in [3.05, 3.63) is 24.3 Å². The number of anilines is 1. The first-order valence-electron chi connectivity index (χ1n) is 5.81. The van der Waals surface area contributed by atoms with Crippen LogP contribution in [-0.2, 0) is 9.59 Å². The lowest BCUT2D eigenvalue weighted by Gasteiger charge is -2.17. The van der Waals surface area contributed by atoms with Crippen LogP contribution >= 0.6 is 11.8 Å². The number of carbonyl (C=O) groups excluding carboxylic acids is 2. The summed E-state index contributed by atoms with van der Waals surface area (Å²) < 4.78 is 0. The maximum absolute atomic E-state index is 11.9. The van der Waals surface area contributed by atoms with Gasteiger partial charge in [0.05, 0.1) is 5.92 Å². The number of nitrogens with zero attached hydrogens (tertiary/aromatic N) is 1. The third-order valence-electron chi connectivity index (χ3n) is 3.11. The fourth-order valence-electron chi connectivity index (χ4n) is 2.12. The Bertz CT molecular complexity index is 476. The fourth-order valence-corrected chi connectivity index (χ4v) is 2.57. The highest BCUT2D eigenvalue weighted by molar-refractivity contribution is 7.98. The lowest BCUT2D eigenvalue weighted by molar-refractivity contribution is -0.125. The van der Waals surface area contributed by atoms with Gasteiger partial charge in [-0.15, -0.1) is 11.8 Å². The minimum atomic E-state index is -0.236. The molecule has 1 fully saturated rings. The van der Waals surface area contributed by atoms with E-state index < -0.39 is 0 Å². The largest absolute Gasteiger partial charge is 0.359 e. The molecular formula is C13H16N2O2S. The molecule has 1 aromatic rings. The van der Waals surface area contributed by atoms with Crippen LogP contribution in [-0.4, -0.2) is 31.7 Å². The second-order valence-electron chi connectivity index (χ2n) is 4.22. The minimum Gasteiger partial charge on any atom is -0.359 e. The van der Waals surface area contributed by atoms with Crippen LogP contribution in [0, 0.1) is 5.92 Å². The molecule has 0 bridgehead atoms. The average molecular weight is 264 g/mol. The molecular weight excluding hydrogens is 248 g/mol. The van der Waals surface area contributed by atoms with Crippen LogP contribution in [0.3, 0.4) is 0 Å². The Balaban J connectivity index is 2.18. The number of benzene rings is 1. The molecule has 0 saturated carbocycles. The number of rotatable bonds is 3. The first-order chi connectivity index (χ1) is 8.65. The molecule has 0 spiro atoms. The van der Waals surface area contributed by atoms with E-state index in [0.717, 1.165) is 10.6 Å². The Labute approximate surface area is 111 Å². The van der Waals surface area contributed by atoms with Crippen molar-refractivity contribution in [3.8, 4) is 0 Å². The van der Waals surface area contributed by atoms with Crippen molar-refractivity contribution < 1.29 is 9.59 Å². The summed E-state index contributed by atoms with van der Waals surface area (Å²) in [5.41, 5.74) is 0.873. The van der Waals surface area contributed by atoms with E-state index in [1.807, 2.05) is 30.5 Å². The van der Waals surface area contributed by atoms with Crippen molar-refractivity contribution in [2.75, 3.05) is 24.7 Å². The van der Waals surface area contributed by atoms with E-state index in [0.29, 0.717) is 13.0 Å². The molecule has 18 heavy (non-hydrogen) atoms. The summed E-state index contributed by atoms with van der Waals surface area (Å²) in [6.45, 7) is 0.469. The van der Waals surface area contributed by atoms with Crippen molar-refractivity contribution in [1.29, 1.82) is 0 Å². The van der Waals surface area contributed by atoms with Gasteiger partial charge in [-0.1, -0.05) is 6.07 Å². The lowest BCUT2D eigenvalue weighted by Crippen LogP contribution is -2.30. The van der Waals surface area contributed by atoms with Gasteiger partial charge in [-0.3, -0.25) is 9.59 Å². The summed E-state index contributed by atoms with van der Waals surface area (Å²) in [5, 5.41) is 2.60. The van der Waals surface area contributed by atoms with Crippen molar-refractivity contribution in [2.45, 2.75) is 11.3 Å². The van der Waals surface area contributed by atoms with E-state index in [1.54, 1.807) is 23.7 Å². The quantitative estimate of drug-likeness (QED) is 0.842. The SMILES string of the molecule is CNC(=O)[C@@H]1CC(=O)N(c2cccc(SC)c2)C1. The average Bonchev–Trinajstić information content (AvgIpc) is 2.80. The van der Waals surface area contributed by atoms with Crippen LogP contribution in [0.15, 0.2) is 29.2 Å². The van der Waals surface area contributed by atoms with Gasteiger partial charge >= 0.3 is 0 Å². The Hall–Kier alpha value is -1.49. The Morgan fingerprint density at radius 1 is 1.50 bits per heavy atom. The first kappa shape index (κ1) is 13.0. The molecule has 0 unspecified atom stereocenters. The molecule has 1 N–H and O–H groups in total. The molecule has 0 aromatic heterocycles. The zero-order chi connectivity index (χ0) is 13.1. The molecule has 1 aliphatic heterocycles. The van der Waals surface area contributed by atoms with Crippen LogP contribution in [0.1, 0.15) is 6.42 Å². The van der Waals surface area contributed by atoms with E-state index in [9.17, 15) is 9.59 Å². The van der Waals surface area contributed by atoms with Crippen LogP contribution < -0.4 is 10.2 Å². The summed E-state index contributed by atoms with van der Waals surface area (Å²) >= 11 is 1.64. The number of hydrogen-bond donors (Lipinski definition) is 1. The summed E-state index contributed by atoms with van der Waals surface area (Å²) in [5.74, 6) is -0.283. The molecule has 4 nitrogen and oxygen atoms in total. The van der Waals surface area contributed by atoms with Crippen molar-refractivity contribution >= 4 is 29.3 Å². The summed E-state index contributed by atoms with van der Waals surface area (Å²) in [6.07, 6.45) is 2.29. The monoisotopic (exact) mass is 264 g/mol. The standard InChI is InChI=1S/C13H16N2O2S/c1-14-13(17)9-6-12(16)15(8-9)10-4-3-5-11(7-10)18-2/h3-5,7,9H,6,8H2,1-2H3,(H,14,17)/t9-/m1/s1. The second-order valence-corrected chi connectivity index (χ2v) is 5.10. The van der Waals surface area contributed by atoms with Crippen LogP contribution in [0.2, 0.25) is 0 Å². The number of nitrogens with one attached hydrogen (secondary N) is 1. The van der Waals surface area contributed by atoms with Gasteiger partial charge < -0.3 is 10.2 Å². The molecule has 5 heteroatoms. The third kappa shape index (κ3) is 2.51. The van der Waals surface area contributed by atoms with E-state index in [-0.39, 0.29) is 17.7 Å². The predicted molar refractivity (Wildman–Crippen MR) is 72.7 cm³/mol. The topological polar surface area (TPSA) is 49.4 Å². The highest BCUT2D eigenvalue weighted by Gasteiger charge is 2.34. The van der Waals surface area contributed by atoms with Gasteiger partial charge in [-0.2, -0.15) is 0 Å². The normalized spacial score (nSPS) is 19.1. The fraction of sp³-hybridized carbons (Fsp3) is 0.385. The molecule has 1 saturated heterocycles. The maximum Gasteiger partial charge on any atom is 0.227 e.